The molecule has 0 bridgehead atoms. The highest BCUT2D eigenvalue weighted by Gasteiger charge is 2.26. The monoisotopic (exact) mass is 260 g/mol. The van der Waals surface area contributed by atoms with Crippen LogP contribution in [0.4, 0.5) is 0 Å². The van der Waals surface area contributed by atoms with Crippen LogP contribution >= 0.6 is 38.2 Å². The van der Waals surface area contributed by atoms with Crippen LogP contribution in [0.5, 0.6) is 0 Å². The van der Waals surface area contributed by atoms with E-state index in [-0.39, 0.29) is 13.0 Å². The number of thiol groups is 3. The second-order valence-electron chi connectivity index (χ2n) is 2.53. The topological polar surface area (TPSA) is 76.0 Å². The van der Waals surface area contributed by atoms with E-state index in [2.05, 4.69) is 42.4 Å². The van der Waals surface area contributed by atoms with Gasteiger partial charge in [0, 0.05) is 12.9 Å². The molecule has 14 heavy (non-hydrogen) atoms. The van der Waals surface area contributed by atoms with E-state index in [1.165, 1.54) is 0 Å². The van der Waals surface area contributed by atoms with E-state index >= 15 is 0 Å². The predicted molar refractivity (Wildman–Crippen MR) is 59.4 cm³/mol. The van der Waals surface area contributed by atoms with Crippen LogP contribution in [0, 0.1) is 0 Å². The molecule has 0 rings (SSSR count). The van der Waals surface area contributed by atoms with E-state index in [1.54, 1.807) is 0 Å². The third kappa shape index (κ3) is 6.80. The summed E-state index contributed by atoms with van der Waals surface area (Å²) in [4.78, 5) is 10.8. The van der Waals surface area contributed by atoms with Gasteiger partial charge in [0.1, 0.15) is 6.10 Å². The molecule has 0 aromatic heterocycles. The quantitative estimate of drug-likeness (QED) is 0.256. The van der Waals surface area contributed by atoms with Crippen LogP contribution in [0.15, 0.2) is 0 Å². The summed E-state index contributed by atoms with van der Waals surface area (Å²) in [5.74, 6) is -0.656. The zero-order valence-electron chi connectivity index (χ0n) is 7.16. The first-order chi connectivity index (χ1) is 6.41. The van der Waals surface area contributed by atoms with Crippen molar-refractivity contribution in [1.29, 1.82) is 0 Å². The number of ether oxygens (including phenoxy) is 1. The van der Waals surface area contributed by atoms with Gasteiger partial charge in [0.05, 0.1) is 19.6 Å². The van der Waals surface area contributed by atoms with Crippen LogP contribution in [0.1, 0.15) is 6.42 Å². The van der Waals surface area contributed by atoms with E-state index in [0.717, 1.165) is 0 Å². The summed E-state index contributed by atoms with van der Waals surface area (Å²) in [5.41, 5.74) is 0. The van der Waals surface area contributed by atoms with Crippen LogP contribution in [0.25, 0.3) is 0 Å². The molecule has 0 aromatic rings. The van der Waals surface area contributed by atoms with E-state index < -0.39 is 22.9 Å². The van der Waals surface area contributed by atoms with Crippen molar-refractivity contribution in [2.45, 2.75) is 16.8 Å². The number of carbonyl (C=O) groups excluding carboxylic acids is 1. The molecule has 2 N–H and O–H groups in total. The summed E-state index contributed by atoms with van der Waals surface area (Å²) in [6, 6.07) is 0. The van der Waals surface area contributed by atoms with E-state index in [4.69, 9.17) is 14.9 Å². The van der Waals surface area contributed by atoms with Crippen LogP contribution in [-0.4, -0.2) is 39.8 Å². The summed E-state index contributed by atoms with van der Waals surface area (Å²) in [6.45, 7) is -0.613. The zero-order chi connectivity index (χ0) is 11.2. The Labute approximate surface area is 98.2 Å². The van der Waals surface area contributed by atoms with Gasteiger partial charge in [-0.05, 0) is 0 Å². The Morgan fingerprint density at radius 3 is 2.50 bits per heavy atom. The third-order valence-electron chi connectivity index (χ3n) is 1.19. The largest absolute Gasteiger partial charge is 0.395 e. The average molecular weight is 260 g/mol. The summed E-state index contributed by atoms with van der Waals surface area (Å²) >= 11 is 11.1. The Bertz CT molecular complexity index is 186. The smallest absolute Gasteiger partial charge is 0.322 e. The van der Waals surface area contributed by atoms with Crippen molar-refractivity contribution in [3.05, 3.63) is 0 Å². The van der Waals surface area contributed by atoms with Crippen molar-refractivity contribution in [3.8, 4) is 0 Å². The molecule has 0 saturated carbocycles. The van der Waals surface area contributed by atoms with Crippen molar-refractivity contribution in [2.75, 3.05) is 13.2 Å². The minimum absolute atomic E-state index is 0.177. The van der Waals surface area contributed by atoms with Crippen LogP contribution < -0.4 is 0 Å². The zero-order valence-corrected chi connectivity index (χ0v) is 9.84. The van der Waals surface area contributed by atoms with Gasteiger partial charge in [-0.2, -0.15) is 0 Å². The number of aliphatic hydroxyl groups excluding tert-OH is 2. The van der Waals surface area contributed by atoms with E-state index in [0.29, 0.717) is 0 Å². The first kappa shape index (κ1) is 14.4. The maximum atomic E-state index is 10.8. The van der Waals surface area contributed by atoms with Gasteiger partial charge in [-0.25, -0.2) is 0 Å². The second kappa shape index (κ2) is 6.81. The number of aliphatic hydroxyl groups is 2. The molecule has 0 saturated heterocycles. The molecule has 0 aliphatic carbocycles. The Morgan fingerprint density at radius 1 is 1.50 bits per heavy atom. The van der Waals surface area contributed by atoms with Gasteiger partial charge in [-0.1, -0.05) is 0 Å². The lowest BCUT2D eigenvalue weighted by molar-refractivity contribution is -0.135. The van der Waals surface area contributed by atoms with E-state index in [1.807, 2.05) is 0 Å². The van der Waals surface area contributed by atoms with Gasteiger partial charge in [0.25, 0.3) is 0 Å². The predicted octanol–water partition coefficient (Wildman–Crippen LogP) is -0.352. The molecule has 0 heterocycles. The lowest BCUT2D eigenvalue weighted by Crippen LogP contribution is -2.29. The SMILES string of the molecule is O=C(CC(S)(S)OCC(O)CO)OS. The molecule has 8 heteroatoms. The molecule has 5 nitrogen and oxygen atoms in total. The number of carbonyl (C=O) groups is 1. The molecule has 0 amide bonds. The highest BCUT2D eigenvalue weighted by Crippen LogP contribution is 2.26. The van der Waals surface area contributed by atoms with Gasteiger partial charge < -0.3 is 19.1 Å². The number of rotatable bonds is 6. The summed E-state index contributed by atoms with van der Waals surface area (Å²) in [7, 11) is 0. The molecule has 1 atom stereocenters. The normalized spacial score (nSPS) is 13.8. The van der Waals surface area contributed by atoms with E-state index in [9.17, 15) is 4.79 Å². The Kier molecular flexibility index (Phi) is 7.00. The molecular formula is C6H12O5S3. The first-order valence-corrected chi connectivity index (χ1v) is 4.89. The fourth-order valence-electron chi connectivity index (χ4n) is 0.554. The lowest BCUT2D eigenvalue weighted by Gasteiger charge is -2.22. The molecule has 0 radical (unpaired) electrons. The molecule has 1 unspecified atom stereocenters. The van der Waals surface area contributed by atoms with Gasteiger partial charge in [-0.15, -0.1) is 25.3 Å². The highest BCUT2D eigenvalue weighted by atomic mass is 32.2. The second-order valence-corrected chi connectivity index (χ2v) is 4.51. The molecule has 0 aliphatic heterocycles. The van der Waals surface area contributed by atoms with Gasteiger partial charge >= 0.3 is 5.97 Å². The Morgan fingerprint density at radius 2 is 2.07 bits per heavy atom. The fraction of sp³-hybridized carbons (Fsp3) is 0.833. The minimum atomic E-state index is -1.35. The molecule has 0 spiro atoms. The molecule has 0 aliphatic rings. The third-order valence-corrected chi connectivity index (χ3v) is 1.97. The van der Waals surface area contributed by atoms with Crippen molar-refractivity contribution in [3.63, 3.8) is 0 Å². The first-order valence-electron chi connectivity index (χ1n) is 3.63. The molecule has 0 fully saturated rings. The standard InChI is InChI=1S/C6H12O5S3/c7-2-4(8)3-10-6(12,13)1-5(9)11-14/h4,7-8,12-14H,1-3H2. The van der Waals surface area contributed by atoms with Crippen LogP contribution in [0.3, 0.4) is 0 Å². The van der Waals surface area contributed by atoms with Crippen LogP contribution in [-0.2, 0) is 13.7 Å². The summed E-state index contributed by atoms with van der Waals surface area (Å²) < 4.78 is 7.67. The summed E-state index contributed by atoms with van der Waals surface area (Å²) in [5, 5.41) is 17.4. The molecule has 0 aromatic carbocycles. The number of hydrogen-bond donors (Lipinski definition) is 5. The van der Waals surface area contributed by atoms with Gasteiger partial charge in [0.2, 0.25) is 0 Å². The van der Waals surface area contributed by atoms with Crippen molar-refractivity contribution < 1.29 is 23.9 Å². The average Bonchev–Trinajstić information content (AvgIpc) is 2.13. The van der Waals surface area contributed by atoms with Crippen molar-refractivity contribution in [2.24, 2.45) is 0 Å². The van der Waals surface area contributed by atoms with Gasteiger partial charge in [-0.3, -0.25) is 4.79 Å². The molecule has 84 valence electrons. The fourth-order valence-corrected chi connectivity index (χ4v) is 1.03. The number of hydrogen-bond acceptors (Lipinski definition) is 8. The highest BCUT2D eigenvalue weighted by molar-refractivity contribution is 8.00. The minimum Gasteiger partial charge on any atom is -0.395 e. The van der Waals surface area contributed by atoms with Gasteiger partial charge in [0.15, 0.2) is 4.27 Å². The maximum Gasteiger partial charge on any atom is 0.322 e. The molecular weight excluding hydrogens is 248 g/mol. The van der Waals surface area contributed by atoms with Crippen molar-refractivity contribution in [1.82, 2.24) is 0 Å². The summed E-state index contributed by atoms with van der Waals surface area (Å²) in [6.07, 6.45) is -1.26. The lowest BCUT2D eigenvalue weighted by atomic mass is 10.4. The Balaban J connectivity index is 3.88. The Hall–Kier alpha value is 0.400. The van der Waals surface area contributed by atoms with Crippen molar-refractivity contribution >= 4 is 44.1 Å². The van der Waals surface area contributed by atoms with Crippen LogP contribution in [0.2, 0.25) is 0 Å². The maximum absolute atomic E-state index is 10.8.